The van der Waals surface area contributed by atoms with Gasteiger partial charge in [0.25, 0.3) is 0 Å². The van der Waals surface area contributed by atoms with Crippen LogP contribution in [0.15, 0.2) is 0 Å². The van der Waals surface area contributed by atoms with Crippen LogP contribution in [0.25, 0.3) is 0 Å². The highest BCUT2D eigenvalue weighted by Crippen LogP contribution is 2.14. The molecule has 0 aliphatic carbocycles. The zero-order valence-corrected chi connectivity index (χ0v) is 12.2. The third-order valence-electron chi connectivity index (χ3n) is 3.50. The molecule has 0 saturated carbocycles. The van der Waals surface area contributed by atoms with Crippen molar-refractivity contribution < 1.29 is 14.7 Å². The molecule has 2 N–H and O–H groups in total. The molecule has 1 unspecified atom stereocenters. The van der Waals surface area contributed by atoms with Gasteiger partial charge >= 0.3 is 12.0 Å². The van der Waals surface area contributed by atoms with E-state index in [0.717, 1.165) is 12.8 Å². The molecule has 0 spiro atoms. The summed E-state index contributed by atoms with van der Waals surface area (Å²) in [5.74, 6) is -0.749. The standard InChI is InChI=1S/C13H25N3O3/c1-9(2)11(12(17)18)14-10-5-7-16(8-6-10)13(19)15(3)4/h9-11,14H,5-8H2,1-4H3,(H,17,18). The molecule has 1 heterocycles. The molecule has 0 bridgehead atoms. The molecular weight excluding hydrogens is 246 g/mol. The van der Waals surface area contributed by atoms with Gasteiger partial charge in [-0.25, -0.2) is 4.79 Å². The lowest BCUT2D eigenvalue weighted by Gasteiger charge is -2.35. The molecule has 2 amide bonds. The van der Waals surface area contributed by atoms with Gasteiger partial charge in [-0.2, -0.15) is 0 Å². The summed E-state index contributed by atoms with van der Waals surface area (Å²) in [7, 11) is 3.48. The van der Waals surface area contributed by atoms with Crippen LogP contribution in [0.4, 0.5) is 4.79 Å². The number of amides is 2. The third kappa shape index (κ3) is 4.38. The summed E-state index contributed by atoms with van der Waals surface area (Å²) in [6, 6.07) is -0.312. The van der Waals surface area contributed by atoms with Crippen LogP contribution in [0.2, 0.25) is 0 Å². The minimum absolute atomic E-state index is 0.0251. The van der Waals surface area contributed by atoms with Crippen LogP contribution in [0.3, 0.4) is 0 Å². The zero-order valence-electron chi connectivity index (χ0n) is 12.2. The van der Waals surface area contributed by atoms with E-state index in [0.29, 0.717) is 13.1 Å². The number of hydrogen-bond donors (Lipinski definition) is 2. The Kier molecular flexibility index (Phi) is 5.60. The van der Waals surface area contributed by atoms with E-state index in [4.69, 9.17) is 5.11 Å². The van der Waals surface area contributed by atoms with Crippen molar-refractivity contribution >= 4 is 12.0 Å². The second-order valence-electron chi connectivity index (χ2n) is 5.66. The number of piperidine rings is 1. The first kappa shape index (κ1) is 15.8. The number of likely N-dealkylation sites (tertiary alicyclic amines) is 1. The van der Waals surface area contributed by atoms with E-state index in [-0.39, 0.29) is 18.0 Å². The molecule has 0 aromatic carbocycles. The predicted octanol–water partition coefficient (Wildman–Crippen LogP) is 0.831. The van der Waals surface area contributed by atoms with Gasteiger partial charge in [-0.3, -0.25) is 4.79 Å². The van der Waals surface area contributed by atoms with Crippen molar-refractivity contribution in [1.82, 2.24) is 15.1 Å². The fourth-order valence-electron chi connectivity index (χ4n) is 2.32. The number of carboxylic acid groups (broad SMARTS) is 1. The first-order chi connectivity index (χ1) is 8.82. The van der Waals surface area contributed by atoms with E-state index in [9.17, 15) is 9.59 Å². The number of carbonyl (C=O) groups is 2. The Hall–Kier alpha value is -1.30. The van der Waals surface area contributed by atoms with Gasteiger partial charge < -0.3 is 20.2 Å². The average molecular weight is 271 g/mol. The minimum atomic E-state index is -0.804. The minimum Gasteiger partial charge on any atom is -0.480 e. The van der Waals surface area contributed by atoms with E-state index >= 15 is 0 Å². The van der Waals surface area contributed by atoms with Gasteiger partial charge in [0.1, 0.15) is 6.04 Å². The SMILES string of the molecule is CC(C)C(NC1CCN(C(=O)N(C)C)CC1)C(=O)O. The smallest absolute Gasteiger partial charge is 0.320 e. The average Bonchev–Trinajstić information content (AvgIpc) is 2.34. The third-order valence-corrected chi connectivity index (χ3v) is 3.50. The largest absolute Gasteiger partial charge is 0.480 e. The van der Waals surface area contributed by atoms with Crippen molar-refractivity contribution in [3.8, 4) is 0 Å². The second-order valence-corrected chi connectivity index (χ2v) is 5.66. The Bertz CT molecular complexity index is 323. The fraction of sp³-hybridized carbons (Fsp3) is 0.846. The molecule has 0 aromatic rings. The Morgan fingerprint density at radius 2 is 1.79 bits per heavy atom. The molecule has 1 atom stereocenters. The summed E-state index contributed by atoms with van der Waals surface area (Å²) < 4.78 is 0. The lowest BCUT2D eigenvalue weighted by molar-refractivity contribution is -0.141. The molecule has 1 saturated heterocycles. The normalized spacial score (nSPS) is 18.5. The summed E-state index contributed by atoms with van der Waals surface area (Å²) >= 11 is 0. The van der Waals surface area contributed by atoms with Crippen molar-refractivity contribution in [2.45, 2.75) is 38.8 Å². The van der Waals surface area contributed by atoms with Crippen molar-refractivity contribution in [1.29, 1.82) is 0 Å². The number of aliphatic carboxylic acids is 1. The van der Waals surface area contributed by atoms with Gasteiger partial charge in [0.05, 0.1) is 0 Å². The topological polar surface area (TPSA) is 72.9 Å². The number of carbonyl (C=O) groups excluding carboxylic acids is 1. The molecule has 1 rings (SSSR count). The van der Waals surface area contributed by atoms with E-state index in [1.54, 1.807) is 19.0 Å². The van der Waals surface area contributed by atoms with Gasteiger partial charge in [0.2, 0.25) is 0 Å². The van der Waals surface area contributed by atoms with E-state index in [2.05, 4.69) is 5.32 Å². The van der Waals surface area contributed by atoms with Gasteiger partial charge in [0, 0.05) is 33.2 Å². The molecule has 19 heavy (non-hydrogen) atoms. The molecule has 6 heteroatoms. The summed E-state index contributed by atoms with van der Waals surface area (Å²) in [5, 5.41) is 12.3. The Labute approximate surface area is 114 Å². The van der Waals surface area contributed by atoms with Crippen molar-refractivity contribution in [2.24, 2.45) is 5.92 Å². The summed E-state index contributed by atoms with van der Waals surface area (Å²) in [4.78, 5) is 26.3. The highest BCUT2D eigenvalue weighted by molar-refractivity contribution is 5.74. The maximum atomic E-state index is 11.8. The molecule has 6 nitrogen and oxygen atoms in total. The Balaban J connectivity index is 2.46. The van der Waals surface area contributed by atoms with E-state index in [1.165, 1.54) is 0 Å². The number of carboxylic acids is 1. The quantitative estimate of drug-likeness (QED) is 0.794. The first-order valence-corrected chi connectivity index (χ1v) is 6.78. The van der Waals surface area contributed by atoms with Gasteiger partial charge in [-0.1, -0.05) is 13.8 Å². The fourth-order valence-corrected chi connectivity index (χ4v) is 2.32. The van der Waals surface area contributed by atoms with Crippen LogP contribution in [0.1, 0.15) is 26.7 Å². The Morgan fingerprint density at radius 1 is 1.26 bits per heavy atom. The van der Waals surface area contributed by atoms with E-state index < -0.39 is 12.0 Å². The Morgan fingerprint density at radius 3 is 2.16 bits per heavy atom. The van der Waals surface area contributed by atoms with Gasteiger partial charge in [-0.15, -0.1) is 0 Å². The molecule has 1 fully saturated rings. The summed E-state index contributed by atoms with van der Waals surface area (Å²) in [5.41, 5.74) is 0. The van der Waals surface area contributed by atoms with Crippen LogP contribution in [0, 0.1) is 5.92 Å². The zero-order chi connectivity index (χ0) is 14.6. The monoisotopic (exact) mass is 271 g/mol. The predicted molar refractivity (Wildman–Crippen MR) is 73.1 cm³/mol. The molecule has 1 aliphatic heterocycles. The lowest BCUT2D eigenvalue weighted by atomic mass is 9.99. The van der Waals surface area contributed by atoms with Crippen LogP contribution in [-0.4, -0.2) is 66.2 Å². The number of hydrogen-bond acceptors (Lipinski definition) is 3. The van der Waals surface area contributed by atoms with Crippen molar-refractivity contribution in [3.05, 3.63) is 0 Å². The molecule has 0 radical (unpaired) electrons. The van der Waals surface area contributed by atoms with Crippen molar-refractivity contribution in [3.63, 3.8) is 0 Å². The van der Waals surface area contributed by atoms with Crippen LogP contribution >= 0.6 is 0 Å². The van der Waals surface area contributed by atoms with Gasteiger partial charge in [0.15, 0.2) is 0 Å². The van der Waals surface area contributed by atoms with Crippen LogP contribution in [0.5, 0.6) is 0 Å². The number of rotatable bonds is 4. The lowest BCUT2D eigenvalue weighted by Crippen LogP contribution is -2.52. The van der Waals surface area contributed by atoms with Crippen LogP contribution < -0.4 is 5.32 Å². The number of urea groups is 1. The van der Waals surface area contributed by atoms with Crippen LogP contribution in [-0.2, 0) is 4.79 Å². The number of nitrogens with one attached hydrogen (secondary N) is 1. The molecular formula is C13H25N3O3. The highest BCUT2D eigenvalue weighted by Gasteiger charge is 2.28. The van der Waals surface area contributed by atoms with E-state index in [1.807, 2.05) is 18.7 Å². The molecule has 0 aromatic heterocycles. The summed E-state index contributed by atoms with van der Waals surface area (Å²) in [6.07, 6.45) is 1.60. The maximum absolute atomic E-state index is 11.8. The first-order valence-electron chi connectivity index (χ1n) is 6.78. The molecule has 110 valence electrons. The van der Waals surface area contributed by atoms with Crippen molar-refractivity contribution in [2.75, 3.05) is 27.2 Å². The maximum Gasteiger partial charge on any atom is 0.320 e. The molecule has 1 aliphatic rings. The highest BCUT2D eigenvalue weighted by atomic mass is 16.4. The number of nitrogens with zero attached hydrogens (tertiary/aromatic N) is 2. The van der Waals surface area contributed by atoms with Gasteiger partial charge in [-0.05, 0) is 18.8 Å². The second kappa shape index (κ2) is 6.75. The summed E-state index contributed by atoms with van der Waals surface area (Å²) in [6.45, 7) is 5.16.